The number of carbonyl (C=O) groups is 9. The van der Waals surface area contributed by atoms with Gasteiger partial charge in [-0.25, -0.2) is 4.79 Å². The fourth-order valence-corrected chi connectivity index (χ4v) is 5.27. The number of aliphatic hydroxyl groups is 2. The van der Waals surface area contributed by atoms with Gasteiger partial charge in [0, 0.05) is 6.42 Å². The van der Waals surface area contributed by atoms with Crippen molar-refractivity contribution in [1.29, 1.82) is 0 Å². The standard InChI is InChI=1S/C36H56N8O14/c1-6-18(4)29(34(55)42-24(36(57)58)11-17(2)3)43-27(49)15-38-31(52)22(12-20-7-9-21(47)10-8-20)40-32(53)23(13-28(50)51)41-35(56)30(19(5)46)44-33(54)25(16-45)39-26(48)14-37/h7-10,17-19,22-25,29-30,45-47H,6,11-16,37H2,1-5H3,(H,38,52)(H,39,48)(H,40,53)(H,41,56)(H,42,55)(H,43,49)(H,44,54)(H,50,51)(H,57,58)/t18-,19+,22-,23-,24-,25-,29-,30-/m0/s1. The van der Waals surface area contributed by atoms with E-state index in [9.17, 15) is 68.7 Å². The Morgan fingerprint density at radius 2 is 1.22 bits per heavy atom. The highest BCUT2D eigenvalue weighted by Gasteiger charge is 2.35. The minimum absolute atomic E-state index is 0.0725. The number of carboxylic acids is 2. The second-order valence-corrected chi connectivity index (χ2v) is 14.0. The molecule has 22 nitrogen and oxygen atoms in total. The van der Waals surface area contributed by atoms with Crippen LogP contribution in [0, 0.1) is 11.8 Å². The number of benzene rings is 1. The van der Waals surface area contributed by atoms with Crippen molar-refractivity contribution in [3.8, 4) is 5.75 Å². The van der Waals surface area contributed by atoms with Crippen LogP contribution in [0.5, 0.6) is 5.75 Å². The first-order chi connectivity index (χ1) is 27.1. The lowest BCUT2D eigenvalue weighted by atomic mass is 9.97. The average Bonchev–Trinajstić information content (AvgIpc) is 3.15. The van der Waals surface area contributed by atoms with E-state index < -0.39 is 128 Å². The number of nitrogens with two attached hydrogens (primary N) is 1. The van der Waals surface area contributed by atoms with Crippen LogP contribution in [0.25, 0.3) is 0 Å². The van der Waals surface area contributed by atoms with E-state index in [4.69, 9.17) is 5.73 Å². The molecule has 324 valence electrons. The molecule has 0 aliphatic carbocycles. The smallest absolute Gasteiger partial charge is 0.326 e. The van der Waals surface area contributed by atoms with Gasteiger partial charge in [0.25, 0.3) is 0 Å². The van der Waals surface area contributed by atoms with E-state index in [-0.39, 0.29) is 24.5 Å². The molecule has 7 amide bonds. The summed E-state index contributed by atoms with van der Waals surface area (Å²) >= 11 is 0. The number of hydrogen-bond acceptors (Lipinski definition) is 13. The molecule has 0 aromatic heterocycles. The van der Waals surface area contributed by atoms with Crippen molar-refractivity contribution in [2.75, 3.05) is 19.7 Å². The largest absolute Gasteiger partial charge is 0.508 e. The van der Waals surface area contributed by atoms with Crippen LogP contribution >= 0.6 is 0 Å². The van der Waals surface area contributed by atoms with Gasteiger partial charge >= 0.3 is 11.9 Å². The zero-order chi connectivity index (χ0) is 44.3. The van der Waals surface area contributed by atoms with Crippen molar-refractivity contribution in [3.63, 3.8) is 0 Å². The van der Waals surface area contributed by atoms with Gasteiger partial charge < -0.3 is 68.5 Å². The molecule has 0 aliphatic heterocycles. The topological polar surface area (TPSA) is 365 Å². The minimum atomic E-state index is -1.92. The maximum Gasteiger partial charge on any atom is 0.326 e. The quantitative estimate of drug-likeness (QED) is 0.0446. The summed E-state index contributed by atoms with van der Waals surface area (Å²) in [5.74, 6) is -10.5. The van der Waals surface area contributed by atoms with Crippen LogP contribution in [0.3, 0.4) is 0 Å². The third-order valence-corrected chi connectivity index (χ3v) is 8.66. The number of hydrogen-bond donors (Lipinski definition) is 13. The van der Waals surface area contributed by atoms with Gasteiger partial charge in [0.2, 0.25) is 41.4 Å². The molecule has 0 aliphatic rings. The first-order valence-electron chi connectivity index (χ1n) is 18.4. The molecule has 0 spiro atoms. The Bertz CT molecular complexity index is 1610. The second kappa shape index (κ2) is 24.7. The summed E-state index contributed by atoms with van der Waals surface area (Å²) < 4.78 is 0. The third-order valence-electron chi connectivity index (χ3n) is 8.66. The molecule has 22 heteroatoms. The van der Waals surface area contributed by atoms with Crippen LogP contribution in [-0.4, -0.2) is 141 Å². The molecule has 8 atom stereocenters. The van der Waals surface area contributed by atoms with Crippen LogP contribution in [-0.2, 0) is 49.6 Å². The number of aromatic hydroxyl groups is 1. The van der Waals surface area contributed by atoms with Crippen molar-refractivity contribution < 1.29 is 68.7 Å². The monoisotopic (exact) mass is 824 g/mol. The zero-order valence-corrected chi connectivity index (χ0v) is 32.9. The molecule has 1 rings (SSSR count). The Morgan fingerprint density at radius 1 is 0.672 bits per heavy atom. The number of aliphatic carboxylic acids is 2. The predicted octanol–water partition coefficient (Wildman–Crippen LogP) is -4.06. The van der Waals surface area contributed by atoms with Gasteiger partial charge in [-0.15, -0.1) is 0 Å². The Labute approximate surface area is 334 Å². The van der Waals surface area contributed by atoms with Gasteiger partial charge in [0.1, 0.15) is 42.0 Å². The summed E-state index contributed by atoms with van der Waals surface area (Å²) in [7, 11) is 0. The van der Waals surface area contributed by atoms with Crippen molar-refractivity contribution in [2.24, 2.45) is 17.6 Å². The van der Waals surface area contributed by atoms with Crippen LogP contribution in [0.4, 0.5) is 0 Å². The zero-order valence-electron chi connectivity index (χ0n) is 32.9. The number of amides is 7. The van der Waals surface area contributed by atoms with Gasteiger partial charge in [-0.05, 0) is 42.9 Å². The van der Waals surface area contributed by atoms with E-state index in [0.717, 1.165) is 6.92 Å². The highest BCUT2D eigenvalue weighted by atomic mass is 16.4. The average molecular weight is 825 g/mol. The first kappa shape index (κ1) is 50.1. The predicted molar refractivity (Wildman–Crippen MR) is 203 cm³/mol. The summed E-state index contributed by atoms with van der Waals surface area (Å²) in [5, 5.41) is 64.5. The molecule has 0 unspecified atom stereocenters. The molecule has 0 bridgehead atoms. The molecule has 1 aromatic rings. The lowest BCUT2D eigenvalue weighted by Gasteiger charge is -2.27. The molecular formula is C36H56N8O14. The van der Waals surface area contributed by atoms with E-state index in [0.29, 0.717) is 12.0 Å². The second-order valence-electron chi connectivity index (χ2n) is 14.0. The van der Waals surface area contributed by atoms with Crippen molar-refractivity contribution >= 4 is 53.3 Å². The SMILES string of the molecule is CC[C@H](C)[C@H](NC(=O)CNC(=O)[C@H](Cc1ccc(O)cc1)NC(=O)[C@H](CC(=O)O)NC(=O)[C@@H](NC(=O)[C@H](CO)NC(=O)CN)[C@@H](C)O)C(=O)N[C@@H](CC(C)C)C(=O)O. The fraction of sp³-hybridized carbons (Fsp3) is 0.583. The number of aliphatic hydroxyl groups excluding tert-OH is 2. The molecule has 0 fully saturated rings. The lowest BCUT2D eigenvalue weighted by molar-refractivity contribution is -0.143. The normalized spacial score (nSPS) is 15.1. The van der Waals surface area contributed by atoms with Crippen LogP contribution in [0.2, 0.25) is 0 Å². The number of nitrogens with one attached hydrogen (secondary N) is 7. The van der Waals surface area contributed by atoms with E-state index >= 15 is 0 Å². The minimum Gasteiger partial charge on any atom is -0.508 e. The molecule has 14 N–H and O–H groups in total. The lowest BCUT2D eigenvalue weighted by Crippen LogP contribution is -2.61. The Morgan fingerprint density at radius 3 is 1.72 bits per heavy atom. The number of rotatable bonds is 25. The summed E-state index contributed by atoms with van der Waals surface area (Å²) in [6.07, 6.45) is -2.48. The summed E-state index contributed by atoms with van der Waals surface area (Å²) in [6.45, 7) is 5.83. The highest BCUT2D eigenvalue weighted by molar-refractivity contribution is 5.98. The molecule has 0 radical (unpaired) electrons. The van der Waals surface area contributed by atoms with Gasteiger partial charge in [-0.2, -0.15) is 0 Å². The van der Waals surface area contributed by atoms with Crippen molar-refractivity contribution in [2.45, 2.75) is 103 Å². The number of carbonyl (C=O) groups excluding carboxylic acids is 7. The fourth-order valence-electron chi connectivity index (χ4n) is 5.27. The first-order valence-corrected chi connectivity index (χ1v) is 18.4. The van der Waals surface area contributed by atoms with Crippen LogP contribution < -0.4 is 43.0 Å². The van der Waals surface area contributed by atoms with E-state index in [2.05, 4.69) is 37.2 Å². The van der Waals surface area contributed by atoms with Crippen LogP contribution in [0.15, 0.2) is 24.3 Å². The van der Waals surface area contributed by atoms with Crippen molar-refractivity contribution in [1.82, 2.24) is 37.2 Å². The molecular weight excluding hydrogens is 768 g/mol. The maximum absolute atomic E-state index is 13.5. The summed E-state index contributed by atoms with van der Waals surface area (Å²) in [5.41, 5.74) is 5.58. The number of phenols is 1. The van der Waals surface area contributed by atoms with E-state index in [1.54, 1.807) is 27.7 Å². The maximum atomic E-state index is 13.5. The molecule has 0 saturated carbocycles. The third kappa shape index (κ3) is 17.5. The molecule has 1 aromatic carbocycles. The van der Waals surface area contributed by atoms with Gasteiger partial charge in [0.15, 0.2) is 0 Å². The summed E-state index contributed by atoms with van der Waals surface area (Å²) in [6, 6.07) is -3.93. The Balaban J connectivity index is 3.28. The van der Waals surface area contributed by atoms with Gasteiger partial charge in [0.05, 0.1) is 32.2 Å². The summed E-state index contributed by atoms with van der Waals surface area (Å²) in [4.78, 5) is 114. The van der Waals surface area contributed by atoms with E-state index in [1.165, 1.54) is 24.3 Å². The molecule has 0 heterocycles. The molecule has 58 heavy (non-hydrogen) atoms. The van der Waals surface area contributed by atoms with Crippen LogP contribution in [0.1, 0.15) is 59.4 Å². The Hall–Kier alpha value is -5.87. The van der Waals surface area contributed by atoms with Gasteiger partial charge in [-0.3, -0.25) is 38.4 Å². The van der Waals surface area contributed by atoms with Crippen molar-refractivity contribution in [3.05, 3.63) is 29.8 Å². The Kier molecular flexibility index (Phi) is 21.4. The van der Waals surface area contributed by atoms with Gasteiger partial charge in [-0.1, -0.05) is 46.2 Å². The molecule has 0 saturated heterocycles. The number of carboxylic acid groups (broad SMARTS) is 2. The number of phenolic OH excluding ortho intramolecular Hbond substituents is 1. The highest BCUT2D eigenvalue weighted by Crippen LogP contribution is 2.13. The van der Waals surface area contributed by atoms with E-state index in [1.807, 2.05) is 0 Å².